The Balaban J connectivity index is -0.0000000800. The molecule has 0 saturated heterocycles. The zero-order chi connectivity index (χ0) is 4.50. The van der Waals surface area contributed by atoms with Gasteiger partial charge in [0.2, 0.25) is 0 Å². The molecule has 1 nitrogen and oxygen atoms in total. The minimum absolute atomic E-state index is 0. The fourth-order valence-corrected chi connectivity index (χ4v) is 0. The van der Waals surface area contributed by atoms with Crippen LogP contribution < -0.4 is 17.5 Å². The molecule has 0 aromatic carbocycles. The normalized spacial score (nSPS) is 8.57. The average Bonchev–Trinajstić information content (AvgIpc) is 0.722. The van der Waals surface area contributed by atoms with Crippen molar-refractivity contribution in [1.29, 1.82) is 0 Å². The first kappa shape index (κ1) is 15.7. The first-order chi connectivity index (χ1) is 2.00. The Morgan fingerprint density at radius 3 is 1.14 bits per heavy atom. The van der Waals surface area contributed by atoms with Gasteiger partial charge in [0.1, 0.15) is 0 Å². The molecule has 0 heterocycles. The van der Waals surface area contributed by atoms with Gasteiger partial charge in [-0.15, -0.1) is 5.60 Å². The predicted octanol–water partition coefficient (Wildman–Crippen LogP) is -2.85. The molecule has 7 heavy (non-hydrogen) atoms. The van der Waals surface area contributed by atoms with Crippen molar-refractivity contribution in [3.05, 3.63) is 0 Å². The van der Waals surface area contributed by atoms with Crippen LogP contribution in [0, 0.1) is 0 Å². The van der Waals surface area contributed by atoms with Gasteiger partial charge >= 0.3 is 25.8 Å². The molecule has 0 rings (SSSR count). The number of rotatable bonds is 0. The van der Waals surface area contributed by atoms with E-state index >= 15 is 0 Å². The summed E-state index contributed by atoms with van der Waals surface area (Å²) in [6.07, 6.45) is 0. The molecule has 0 radical (unpaired) electrons. The van der Waals surface area contributed by atoms with E-state index in [0.717, 1.165) is 0 Å². The van der Waals surface area contributed by atoms with Crippen LogP contribution in [0.3, 0.4) is 0 Å². The zero-order valence-electron chi connectivity index (χ0n) is 4.79. The molecule has 0 amide bonds. The average molecular weight is 287 g/mol. The Labute approximate surface area is 69.7 Å². The minimum Gasteiger partial charge on any atom is -1.00 e. The minimum atomic E-state index is -0.750. The monoisotopic (exact) mass is 288 g/mol. The third-order valence-corrected chi connectivity index (χ3v) is 0. The van der Waals surface area contributed by atoms with Crippen molar-refractivity contribution in [2.45, 2.75) is 26.4 Å². The van der Waals surface area contributed by atoms with Gasteiger partial charge < -0.3 is 17.5 Å². The number of hydrogen-bond donors (Lipinski definition) is 0. The molecule has 0 aliphatic heterocycles. The van der Waals surface area contributed by atoms with Gasteiger partial charge in [0, 0.05) is 0 Å². The quantitative estimate of drug-likeness (QED) is 0.440. The number of halogens is 1. The first-order valence-electron chi connectivity index (χ1n) is 1.70. The van der Waals surface area contributed by atoms with Crippen LogP contribution in [0.1, 0.15) is 20.8 Å². The summed E-state index contributed by atoms with van der Waals surface area (Å²) in [5.41, 5.74) is -0.750. The van der Waals surface area contributed by atoms with Gasteiger partial charge in [0.15, 0.2) is 0 Å². The Morgan fingerprint density at radius 1 is 1.14 bits per heavy atom. The van der Waals surface area contributed by atoms with Gasteiger partial charge in [-0.25, -0.2) is 0 Å². The van der Waals surface area contributed by atoms with Gasteiger partial charge in [-0.05, 0) is 0 Å². The van der Waals surface area contributed by atoms with Gasteiger partial charge in [-0.1, -0.05) is 20.8 Å². The van der Waals surface area contributed by atoms with Gasteiger partial charge in [0.25, 0.3) is 0 Å². The van der Waals surface area contributed by atoms with Crippen LogP contribution in [0.5, 0.6) is 0 Å². The van der Waals surface area contributed by atoms with E-state index in [0.29, 0.717) is 0 Å². The van der Waals surface area contributed by atoms with Crippen molar-refractivity contribution in [3.8, 4) is 0 Å². The van der Waals surface area contributed by atoms with E-state index < -0.39 is 5.60 Å². The van der Waals surface area contributed by atoms with Crippen molar-refractivity contribution in [3.63, 3.8) is 0 Å². The molecule has 3 heteroatoms. The second kappa shape index (κ2) is 5.26. The smallest absolute Gasteiger partial charge is 1.00 e. The SMILES string of the molecule is CC(C)(C)[O-].[Cl-].[Hf+4]. The molecule has 0 aliphatic carbocycles. The molecule has 0 atom stereocenters. The Hall–Kier alpha value is 1.12. The van der Waals surface area contributed by atoms with Crippen LogP contribution in [0.4, 0.5) is 0 Å². The Kier molecular flexibility index (Phi) is 11.8. The van der Waals surface area contributed by atoms with E-state index in [1.807, 2.05) is 0 Å². The largest absolute Gasteiger partial charge is 4.00 e. The molecule has 0 spiro atoms. The standard InChI is InChI=1S/C4H9O.ClH.Hf/c1-4(2,3)5;;/h1-3H3;1H;/q-1;;+4/p-1. The molecule has 0 aromatic rings. The maximum absolute atomic E-state index is 10.1. The van der Waals surface area contributed by atoms with Crippen molar-refractivity contribution in [1.82, 2.24) is 0 Å². The van der Waals surface area contributed by atoms with Crippen molar-refractivity contribution in [2.75, 3.05) is 0 Å². The summed E-state index contributed by atoms with van der Waals surface area (Å²) in [5.74, 6) is 0. The summed E-state index contributed by atoms with van der Waals surface area (Å²) in [6.45, 7) is 4.90. The molecule has 0 bridgehead atoms. The van der Waals surface area contributed by atoms with E-state index in [4.69, 9.17) is 0 Å². The van der Waals surface area contributed by atoms with Crippen LogP contribution >= 0.6 is 0 Å². The molecule has 0 unspecified atom stereocenters. The van der Waals surface area contributed by atoms with Crippen molar-refractivity contribution >= 4 is 0 Å². The van der Waals surface area contributed by atoms with Crippen LogP contribution in [0.25, 0.3) is 0 Å². The van der Waals surface area contributed by atoms with Gasteiger partial charge in [0.05, 0.1) is 0 Å². The van der Waals surface area contributed by atoms with Crippen LogP contribution in [-0.2, 0) is 25.8 Å². The maximum Gasteiger partial charge on any atom is 4.00 e. The molecule has 0 aromatic heterocycles. The second-order valence-corrected chi connectivity index (χ2v) is 2.11. The summed E-state index contributed by atoms with van der Waals surface area (Å²) in [5, 5.41) is 10.1. The molecule has 0 aliphatic rings. The second-order valence-electron chi connectivity index (χ2n) is 2.11. The molecular weight excluding hydrogens is 278 g/mol. The maximum atomic E-state index is 10.1. The summed E-state index contributed by atoms with van der Waals surface area (Å²) < 4.78 is 0. The third-order valence-electron chi connectivity index (χ3n) is 0. The van der Waals surface area contributed by atoms with Crippen molar-refractivity contribution in [2.24, 2.45) is 0 Å². The van der Waals surface area contributed by atoms with Crippen LogP contribution in [0.15, 0.2) is 0 Å². The van der Waals surface area contributed by atoms with E-state index in [9.17, 15) is 5.11 Å². The molecular formula is C4H9ClHfO+2. The van der Waals surface area contributed by atoms with Crippen LogP contribution in [0.2, 0.25) is 0 Å². The van der Waals surface area contributed by atoms with Crippen LogP contribution in [-0.4, -0.2) is 5.60 Å². The van der Waals surface area contributed by atoms with Gasteiger partial charge in [-0.2, -0.15) is 0 Å². The first-order valence-corrected chi connectivity index (χ1v) is 1.70. The fraction of sp³-hybridized carbons (Fsp3) is 1.00. The Morgan fingerprint density at radius 2 is 1.14 bits per heavy atom. The summed E-state index contributed by atoms with van der Waals surface area (Å²) in [4.78, 5) is 0. The third kappa shape index (κ3) is 149. The topological polar surface area (TPSA) is 23.1 Å². The molecule has 40 valence electrons. The summed E-state index contributed by atoms with van der Waals surface area (Å²) in [7, 11) is 0. The van der Waals surface area contributed by atoms with E-state index in [2.05, 4.69) is 0 Å². The van der Waals surface area contributed by atoms with Crippen molar-refractivity contribution < 1.29 is 43.4 Å². The predicted molar refractivity (Wildman–Crippen MR) is 19.8 cm³/mol. The Bertz CT molecular complexity index is 27.2. The van der Waals surface area contributed by atoms with Gasteiger partial charge in [-0.3, -0.25) is 0 Å². The van der Waals surface area contributed by atoms with E-state index in [1.165, 1.54) is 0 Å². The van der Waals surface area contributed by atoms with E-state index in [1.54, 1.807) is 20.8 Å². The zero-order valence-corrected chi connectivity index (χ0v) is 9.13. The molecule has 0 saturated carbocycles. The molecule has 0 N–H and O–H groups in total. The summed E-state index contributed by atoms with van der Waals surface area (Å²) >= 11 is 0. The molecule has 0 fully saturated rings. The van der Waals surface area contributed by atoms with E-state index in [-0.39, 0.29) is 38.3 Å². The fourth-order valence-electron chi connectivity index (χ4n) is 0. The number of hydrogen-bond acceptors (Lipinski definition) is 1. The summed E-state index contributed by atoms with van der Waals surface area (Å²) in [6, 6.07) is 0.